The number of nitrogen functional groups attached to an aromatic ring is 1. The van der Waals surface area contributed by atoms with Gasteiger partial charge in [0.2, 0.25) is 0 Å². The molecule has 6 rings (SSSR count). The summed E-state index contributed by atoms with van der Waals surface area (Å²) < 4.78 is 6.47. The van der Waals surface area contributed by atoms with Crippen molar-refractivity contribution >= 4 is 39.8 Å². The Balaban J connectivity index is 1.39. The van der Waals surface area contributed by atoms with Gasteiger partial charge in [-0.15, -0.1) is 0 Å². The zero-order valence-electron chi connectivity index (χ0n) is 21.2. The molecule has 4 N–H and O–H groups in total. The summed E-state index contributed by atoms with van der Waals surface area (Å²) in [5, 5.41) is 6.68. The third kappa shape index (κ3) is 4.52. The number of carbonyl (C=O) groups excluding carboxylic acids is 2. The summed E-state index contributed by atoms with van der Waals surface area (Å²) in [6.07, 6.45) is 4.51. The third-order valence-electron chi connectivity index (χ3n) is 7.31. The van der Waals surface area contributed by atoms with Gasteiger partial charge in [-0.25, -0.2) is 24.4 Å². The standard InChI is InChI=1S/C28H26N8O3/c1-15-12-22(20-4-2-3-11-31-20)34-21-13-17(7-10-19(15)21)24-23-25(29)32-14-33-26(23)36(35-24)18-8-5-16(6-9-18)27(37)39-28(30)38/h2-4,7,10-14,16,18H,5-6,8-9H2,1H3,(H2,30,38)(H2,29,32,33). The van der Waals surface area contributed by atoms with Gasteiger partial charge >= 0.3 is 12.1 Å². The van der Waals surface area contributed by atoms with E-state index in [2.05, 4.69) is 26.6 Å². The first-order chi connectivity index (χ1) is 18.9. The van der Waals surface area contributed by atoms with Gasteiger partial charge < -0.3 is 16.2 Å². The molecule has 1 aliphatic carbocycles. The molecule has 0 spiro atoms. The molecule has 4 aromatic heterocycles. The SMILES string of the molecule is Cc1cc(-c2ccccn2)nc2cc(-c3nn(C4CCC(C(=O)OC(N)=O)CC4)c4ncnc(N)c34)ccc12. The van der Waals surface area contributed by atoms with E-state index in [1.165, 1.54) is 6.33 Å². The monoisotopic (exact) mass is 522 g/mol. The van der Waals surface area contributed by atoms with E-state index in [0.29, 0.717) is 48.2 Å². The summed E-state index contributed by atoms with van der Waals surface area (Å²) in [4.78, 5) is 41.2. The Bertz CT molecular complexity index is 1730. The van der Waals surface area contributed by atoms with Crippen LogP contribution in [0.5, 0.6) is 0 Å². The van der Waals surface area contributed by atoms with E-state index in [0.717, 1.165) is 33.4 Å². The second-order valence-corrected chi connectivity index (χ2v) is 9.77. The highest BCUT2D eigenvalue weighted by Crippen LogP contribution is 2.38. The molecule has 1 saturated carbocycles. The summed E-state index contributed by atoms with van der Waals surface area (Å²) in [7, 11) is 0. The van der Waals surface area contributed by atoms with Crippen molar-refractivity contribution in [2.45, 2.75) is 38.6 Å². The Kier molecular flexibility index (Phi) is 6.10. The maximum absolute atomic E-state index is 12.2. The van der Waals surface area contributed by atoms with Gasteiger partial charge in [-0.1, -0.05) is 18.2 Å². The Morgan fingerprint density at radius 3 is 2.56 bits per heavy atom. The lowest BCUT2D eigenvalue weighted by molar-refractivity contribution is -0.143. The number of fused-ring (bicyclic) bond motifs is 2. The highest BCUT2D eigenvalue weighted by Gasteiger charge is 2.31. The van der Waals surface area contributed by atoms with Gasteiger partial charge in [-0.05, 0) is 62.4 Å². The van der Waals surface area contributed by atoms with Gasteiger partial charge in [-0.2, -0.15) is 5.10 Å². The Hall–Kier alpha value is -4.93. The summed E-state index contributed by atoms with van der Waals surface area (Å²) in [6.45, 7) is 2.06. The van der Waals surface area contributed by atoms with Crippen molar-refractivity contribution in [3.05, 3.63) is 60.6 Å². The van der Waals surface area contributed by atoms with Crippen LogP contribution in [-0.2, 0) is 9.53 Å². The average molecular weight is 523 g/mol. The van der Waals surface area contributed by atoms with Crippen molar-refractivity contribution < 1.29 is 14.3 Å². The molecule has 0 saturated heterocycles. The molecule has 0 aliphatic heterocycles. The largest absolute Gasteiger partial charge is 0.412 e. The number of pyridine rings is 2. The number of primary amides is 1. The molecule has 4 heterocycles. The van der Waals surface area contributed by atoms with Crippen LogP contribution in [0.15, 0.2) is 55.0 Å². The minimum Gasteiger partial charge on any atom is -0.383 e. The summed E-state index contributed by atoms with van der Waals surface area (Å²) in [6, 6.07) is 13.8. The van der Waals surface area contributed by atoms with Crippen molar-refractivity contribution in [1.82, 2.24) is 29.7 Å². The Morgan fingerprint density at radius 1 is 1.00 bits per heavy atom. The number of rotatable bonds is 4. The van der Waals surface area contributed by atoms with Gasteiger partial charge in [0, 0.05) is 17.1 Å². The summed E-state index contributed by atoms with van der Waals surface area (Å²) in [5.41, 5.74) is 17.0. The van der Waals surface area contributed by atoms with Crippen molar-refractivity contribution in [3.63, 3.8) is 0 Å². The predicted octanol–water partition coefficient (Wildman–Crippen LogP) is 4.35. The van der Waals surface area contributed by atoms with E-state index in [9.17, 15) is 9.59 Å². The molecule has 11 nitrogen and oxygen atoms in total. The van der Waals surface area contributed by atoms with E-state index in [1.54, 1.807) is 6.20 Å². The molecule has 5 aromatic rings. The van der Waals surface area contributed by atoms with Crippen LogP contribution in [0.3, 0.4) is 0 Å². The number of carbonyl (C=O) groups is 2. The maximum Gasteiger partial charge on any atom is 0.412 e. The maximum atomic E-state index is 12.2. The topological polar surface area (TPSA) is 165 Å². The molecule has 1 aromatic carbocycles. The van der Waals surface area contributed by atoms with Gasteiger partial charge in [0.05, 0.1) is 34.3 Å². The second kappa shape index (κ2) is 9.75. The molecule has 0 atom stereocenters. The molecule has 196 valence electrons. The lowest BCUT2D eigenvalue weighted by Gasteiger charge is -2.27. The van der Waals surface area contributed by atoms with Crippen molar-refractivity contribution in [2.75, 3.05) is 5.73 Å². The van der Waals surface area contributed by atoms with Crippen LogP contribution in [-0.4, -0.2) is 41.8 Å². The van der Waals surface area contributed by atoms with Crippen molar-refractivity contribution in [2.24, 2.45) is 11.7 Å². The first-order valence-corrected chi connectivity index (χ1v) is 12.7. The number of ether oxygens (including phenoxy) is 1. The van der Waals surface area contributed by atoms with Crippen LogP contribution in [0.2, 0.25) is 0 Å². The number of aryl methyl sites for hydroxylation is 1. The average Bonchev–Trinajstić information content (AvgIpc) is 3.34. The number of esters is 1. The van der Waals surface area contributed by atoms with Crippen LogP contribution >= 0.6 is 0 Å². The van der Waals surface area contributed by atoms with E-state index in [4.69, 9.17) is 21.5 Å². The Labute approximate surface area is 223 Å². The highest BCUT2D eigenvalue weighted by atomic mass is 16.6. The zero-order valence-corrected chi connectivity index (χ0v) is 21.2. The van der Waals surface area contributed by atoms with Crippen LogP contribution in [0.1, 0.15) is 37.3 Å². The highest BCUT2D eigenvalue weighted by molar-refractivity contribution is 6.00. The van der Waals surface area contributed by atoms with E-state index in [-0.39, 0.29) is 12.0 Å². The number of hydrogen-bond acceptors (Lipinski definition) is 9. The van der Waals surface area contributed by atoms with E-state index >= 15 is 0 Å². The lowest BCUT2D eigenvalue weighted by atomic mass is 9.86. The lowest BCUT2D eigenvalue weighted by Crippen LogP contribution is -2.29. The van der Waals surface area contributed by atoms with Gasteiger partial charge in [0.25, 0.3) is 0 Å². The summed E-state index contributed by atoms with van der Waals surface area (Å²) in [5.74, 6) is -0.619. The Morgan fingerprint density at radius 2 is 1.82 bits per heavy atom. The molecule has 1 amide bonds. The molecule has 0 unspecified atom stereocenters. The van der Waals surface area contributed by atoms with Crippen molar-refractivity contribution in [1.29, 1.82) is 0 Å². The molecular formula is C28H26N8O3. The predicted molar refractivity (Wildman–Crippen MR) is 145 cm³/mol. The molecule has 0 bridgehead atoms. The van der Waals surface area contributed by atoms with Gasteiger partial charge in [0.1, 0.15) is 17.8 Å². The minimum absolute atomic E-state index is 0.00948. The smallest absolute Gasteiger partial charge is 0.383 e. The number of nitrogens with zero attached hydrogens (tertiary/aromatic N) is 6. The van der Waals surface area contributed by atoms with Crippen molar-refractivity contribution in [3.8, 4) is 22.6 Å². The first kappa shape index (κ1) is 24.4. The normalized spacial score (nSPS) is 17.4. The first-order valence-electron chi connectivity index (χ1n) is 12.7. The van der Waals surface area contributed by atoms with Crippen LogP contribution in [0.4, 0.5) is 10.6 Å². The van der Waals surface area contributed by atoms with Gasteiger partial charge in [-0.3, -0.25) is 9.78 Å². The van der Waals surface area contributed by atoms with Crippen LogP contribution < -0.4 is 11.5 Å². The molecule has 1 aliphatic rings. The fraction of sp³-hybridized carbons (Fsp3) is 0.250. The van der Waals surface area contributed by atoms with E-state index < -0.39 is 12.1 Å². The molecule has 39 heavy (non-hydrogen) atoms. The molecule has 11 heteroatoms. The van der Waals surface area contributed by atoms with Gasteiger partial charge in [0.15, 0.2) is 5.65 Å². The zero-order chi connectivity index (χ0) is 27.1. The fourth-order valence-electron chi connectivity index (χ4n) is 5.39. The third-order valence-corrected chi connectivity index (χ3v) is 7.31. The number of nitrogens with two attached hydrogens (primary N) is 2. The number of amides is 1. The molecular weight excluding hydrogens is 496 g/mol. The van der Waals surface area contributed by atoms with E-state index in [1.807, 2.05) is 47.1 Å². The number of benzene rings is 1. The number of hydrogen-bond donors (Lipinski definition) is 2. The minimum atomic E-state index is -1.08. The quantitative estimate of drug-likeness (QED) is 0.258. The molecule has 0 radical (unpaired) electrons. The molecule has 1 fully saturated rings. The van der Waals surface area contributed by atoms with Crippen LogP contribution in [0, 0.1) is 12.8 Å². The number of anilines is 1. The van der Waals surface area contributed by atoms with Crippen LogP contribution in [0.25, 0.3) is 44.6 Å². The summed E-state index contributed by atoms with van der Waals surface area (Å²) >= 11 is 0. The number of aromatic nitrogens is 6. The fourth-order valence-corrected chi connectivity index (χ4v) is 5.39. The second-order valence-electron chi connectivity index (χ2n) is 9.77.